The Hall–Kier alpha value is -2.18. The van der Waals surface area contributed by atoms with E-state index in [-0.39, 0.29) is 11.8 Å². The van der Waals surface area contributed by atoms with Crippen molar-refractivity contribution in [2.24, 2.45) is 0 Å². The predicted octanol–water partition coefficient (Wildman–Crippen LogP) is 4.06. The van der Waals surface area contributed by atoms with Crippen molar-refractivity contribution >= 4 is 33.4 Å². The summed E-state index contributed by atoms with van der Waals surface area (Å²) < 4.78 is 0.889. The summed E-state index contributed by atoms with van der Waals surface area (Å²) in [4.78, 5) is 28.4. The number of carbonyl (C=O) groups is 2. The molecule has 0 atom stereocenters. The number of aryl methyl sites for hydroxylation is 1. The summed E-state index contributed by atoms with van der Waals surface area (Å²) in [6, 6.07) is 13.8. The van der Waals surface area contributed by atoms with Crippen LogP contribution in [0.4, 0.5) is 5.69 Å². The standard InChI is InChI=1S/C22H26BrN3O2/c1-16-5-3-6-20(21(16)23)22(28)26-12-4-11-25(13-14-26)15-18-7-9-19(10-8-18)24-17(2)27/h3,5-10H,4,11-15H2,1-2H3,(H,24,27). The maximum atomic E-state index is 13.0. The summed E-state index contributed by atoms with van der Waals surface area (Å²) in [5, 5.41) is 2.79. The summed E-state index contributed by atoms with van der Waals surface area (Å²) in [7, 11) is 0. The average Bonchev–Trinajstić information content (AvgIpc) is 2.90. The smallest absolute Gasteiger partial charge is 0.255 e. The van der Waals surface area contributed by atoms with Crippen LogP contribution in [-0.4, -0.2) is 47.8 Å². The number of anilines is 1. The third-order valence-electron chi connectivity index (χ3n) is 4.98. The van der Waals surface area contributed by atoms with E-state index < -0.39 is 0 Å². The number of amides is 2. The third-order valence-corrected chi connectivity index (χ3v) is 6.03. The van der Waals surface area contributed by atoms with Crippen molar-refractivity contribution in [2.45, 2.75) is 26.8 Å². The van der Waals surface area contributed by atoms with E-state index in [4.69, 9.17) is 0 Å². The van der Waals surface area contributed by atoms with Gasteiger partial charge < -0.3 is 10.2 Å². The van der Waals surface area contributed by atoms with Gasteiger partial charge in [-0.15, -0.1) is 0 Å². The van der Waals surface area contributed by atoms with Crippen LogP contribution in [-0.2, 0) is 11.3 Å². The highest BCUT2D eigenvalue weighted by Crippen LogP contribution is 2.23. The fourth-order valence-electron chi connectivity index (χ4n) is 3.47. The lowest BCUT2D eigenvalue weighted by atomic mass is 10.1. The van der Waals surface area contributed by atoms with Gasteiger partial charge >= 0.3 is 0 Å². The van der Waals surface area contributed by atoms with Crippen molar-refractivity contribution in [3.05, 3.63) is 63.6 Å². The molecule has 0 aromatic heterocycles. The van der Waals surface area contributed by atoms with E-state index in [9.17, 15) is 9.59 Å². The van der Waals surface area contributed by atoms with Gasteiger partial charge in [-0.25, -0.2) is 0 Å². The minimum Gasteiger partial charge on any atom is -0.337 e. The maximum absolute atomic E-state index is 13.0. The van der Waals surface area contributed by atoms with E-state index in [2.05, 4.69) is 26.1 Å². The maximum Gasteiger partial charge on any atom is 0.255 e. The fourth-order valence-corrected chi connectivity index (χ4v) is 3.90. The predicted molar refractivity (Wildman–Crippen MR) is 115 cm³/mol. The second-order valence-corrected chi connectivity index (χ2v) is 8.03. The molecular weight excluding hydrogens is 418 g/mol. The highest BCUT2D eigenvalue weighted by atomic mass is 79.9. The first-order chi connectivity index (χ1) is 13.4. The molecule has 1 N–H and O–H groups in total. The first kappa shape index (κ1) is 20.6. The molecule has 2 aromatic carbocycles. The Morgan fingerprint density at radius 3 is 2.50 bits per heavy atom. The Labute approximate surface area is 174 Å². The number of rotatable bonds is 4. The van der Waals surface area contributed by atoms with Gasteiger partial charge in [0.15, 0.2) is 0 Å². The molecule has 2 amide bonds. The van der Waals surface area contributed by atoms with E-state index in [1.807, 2.05) is 54.3 Å². The van der Waals surface area contributed by atoms with Crippen molar-refractivity contribution in [2.75, 3.05) is 31.5 Å². The molecule has 3 rings (SSSR count). The summed E-state index contributed by atoms with van der Waals surface area (Å²) in [6.07, 6.45) is 0.957. The fraction of sp³-hybridized carbons (Fsp3) is 0.364. The number of hydrogen-bond acceptors (Lipinski definition) is 3. The Kier molecular flexibility index (Phi) is 6.86. The van der Waals surface area contributed by atoms with Crippen LogP contribution in [0.15, 0.2) is 46.9 Å². The lowest BCUT2D eigenvalue weighted by Gasteiger charge is -2.23. The highest BCUT2D eigenvalue weighted by Gasteiger charge is 2.22. The van der Waals surface area contributed by atoms with Crippen molar-refractivity contribution in [3.8, 4) is 0 Å². The van der Waals surface area contributed by atoms with Crippen LogP contribution in [0.3, 0.4) is 0 Å². The van der Waals surface area contributed by atoms with E-state index in [1.54, 1.807) is 0 Å². The van der Waals surface area contributed by atoms with Crippen LogP contribution >= 0.6 is 15.9 Å². The summed E-state index contributed by atoms with van der Waals surface area (Å²) in [6.45, 7) is 7.67. The number of benzene rings is 2. The van der Waals surface area contributed by atoms with Gasteiger partial charge in [-0.05, 0) is 58.6 Å². The Morgan fingerprint density at radius 1 is 1.04 bits per heavy atom. The molecule has 0 saturated carbocycles. The van der Waals surface area contributed by atoms with Crippen molar-refractivity contribution in [3.63, 3.8) is 0 Å². The largest absolute Gasteiger partial charge is 0.337 e. The summed E-state index contributed by atoms with van der Waals surface area (Å²) in [5.41, 5.74) is 3.83. The minimum atomic E-state index is -0.0646. The molecule has 5 nitrogen and oxygen atoms in total. The minimum absolute atomic E-state index is 0.0646. The van der Waals surface area contributed by atoms with Gasteiger partial charge in [0.2, 0.25) is 5.91 Å². The van der Waals surface area contributed by atoms with Gasteiger partial charge in [0.25, 0.3) is 5.91 Å². The molecule has 2 aromatic rings. The Morgan fingerprint density at radius 2 is 1.79 bits per heavy atom. The van der Waals surface area contributed by atoms with E-state index >= 15 is 0 Å². The molecule has 1 heterocycles. The van der Waals surface area contributed by atoms with Crippen LogP contribution in [0, 0.1) is 6.92 Å². The van der Waals surface area contributed by atoms with Gasteiger partial charge in [0, 0.05) is 49.8 Å². The van der Waals surface area contributed by atoms with Crippen molar-refractivity contribution in [1.82, 2.24) is 9.80 Å². The molecule has 1 aliphatic heterocycles. The molecule has 0 bridgehead atoms. The molecule has 0 spiro atoms. The zero-order valence-corrected chi connectivity index (χ0v) is 18.0. The molecule has 0 aliphatic carbocycles. The molecule has 6 heteroatoms. The topological polar surface area (TPSA) is 52.7 Å². The lowest BCUT2D eigenvalue weighted by molar-refractivity contribution is -0.114. The van der Waals surface area contributed by atoms with Crippen molar-refractivity contribution < 1.29 is 9.59 Å². The zero-order valence-electron chi connectivity index (χ0n) is 16.4. The Balaban J connectivity index is 1.59. The SMILES string of the molecule is CC(=O)Nc1ccc(CN2CCCN(C(=O)c3cccc(C)c3Br)CC2)cc1. The van der Waals surface area contributed by atoms with E-state index in [1.165, 1.54) is 12.5 Å². The number of nitrogens with one attached hydrogen (secondary N) is 1. The lowest BCUT2D eigenvalue weighted by Crippen LogP contribution is -2.35. The van der Waals surface area contributed by atoms with Gasteiger partial charge in [0.05, 0.1) is 5.56 Å². The molecule has 28 heavy (non-hydrogen) atoms. The number of hydrogen-bond donors (Lipinski definition) is 1. The summed E-state index contributed by atoms with van der Waals surface area (Å²) >= 11 is 3.56. The molecule has 148 valence electrons. The molecule has 1 saturated heterocycles. The van der Waals surface area contributed by atoms with Crippen LogP contribution in [0.25, 0.3) is 0 Å². The van der Waals surface area contributed by atoms with E-state index in [0.29, 0.717) is 0 Å². The Bertz CT molecular complexity index is 851. The van der Waals surface area contributed by atoms with Crippen LogP contribution in [0.1, 0.15) is 34.8 Å². The number of nitrogens with zero attached hydrogens (tertiary/aromatic N) is 2. The molecule has 1 fully saturated rings. The van der Waals surface area contributed by atoms with Gasteiger partial charge in [-0.1, -0.05) is 24.3 Å². The first-order valence-electron chi connectivity index (χ1n) is 9.57. The molecule has 0 radical (unpaired) electrons. The second-order valence-electron chi connectivity index (χ2n) is 7.24. The van der Waals surface area contributed by atoms with Crippen LogP contribution in [0.2, 0.25) is 0 Å². The highest BCUT2D eigenvalue weighted by molar-refractivity contribution is 9.10. The average molecular weight is 444 g/mol. The van der Waals surface area contributed by atoms with E-state index in [0.717, 1.165) is 60.4 Å². The van der Waals surface area contributed by atoms with Crippen LogP contribution in [0.5, 0.6) is 0 Å². The normalized spacial score (nSPS) is 15.2. The third kappa shape index (κ3) is 5.20. The van der Waals surface area contributed by atoms with Crippen LogP contribution < -0.4 is 5.32 Å². The second kappa shape index (κ2) is 9.34. The first-order valence-corrected chi connectivity index (χ1v) is 10.4. The van der Waals surface area contributed by atoms with Gasteiger partial charge in [0.1, 0.15) is 0 Å². The zero-order chi connectivity index (χ0) is 20.1. The molecule has 1 aliphatic rings. The van der Waals surface area contributed by atoms with Crippen molar-refractivity contribution in [1.29, 1.82) is 0 Å². The number of carbonyl (C=O) groups excluding carboxylic acids is 2. The van der Waals surface area contributed by atoms with Gasteiger partial charge in [-0.2, -0.15) is 0 Å². The molecular formula is C22H26BrN3O2. The molecule has 0 unspecified atom stereocenters. The monoisotopic (exact) mass is 443 g/mol. The van der Waals surface area contributed by atoms with Gasteiger partial charge in [-0.3, -0.25) is 14.5 Å². The quantitative estimate of drug-likeness (QED) is 0.774. The number of halogens is 1. The summed E-state index contributed by atoms with van der Waals surface area (Å²) in [5.74, 6) is 0.0300.